The zero-order valence-corrected chi connectivity index (χ0v) is 16.2. The highest BCUT2D eigenvalue weighted by atomic mass is 16.5. The highest BCUT2D eigenvalue weighted by Gasteiger charge is 2.22. The zero-order valence-electron chi connectivity index (χ0n) is 16.2. The molecule has 0 saturated carbocycles. The van der Waals surface area contributed by atoms with Gasteiger partial charge in [-0.3, -0.25) is 15.0 Å². The number of hydroxylamine groups is 1. The molecule has 2 N–H and O–H groups in total. The van der Waals surface area contributed by atoms with Gasteiger partial charge in [-0.15, -0.1) is 0 Å². The second-order valence-corrected chi connectivity index (χ2v) is 7.15. The zero-order chi connectivity index (χ0) is 20.2. The third-order valence-corrected chi connectivity index (χ3v) is 5.23. The number of nitrogens with one attached hydrogen (secondary N) is 1. The van der Waals surface area contributed by atoms with Gasteiger partial charge in [-0.1, -0.05) is 30.3 Å². The summed E-state index contributed by atoms with van der Waals surface area (Å²) in [5.41, 5.74) is 6.00. The molecule has 1 aliphatic rings. The quantitative estimate of drug-likeness (QED) is 0.527. The van der Waals surface area contributed by atoms with Crippen molar-refractivity contribution in [2.24, 2.45) is 0 Å². The lowest BCUT2D eigenvalue weighted by Crippen LogP contribution is -2.45. The molecule has 0 aliphatic carbocycles. The topological polar surface area (TPSA) is 81.6 Å². The van der Waals surface area contributed by atoms with Crippen LogP contribution in [0.1, 0.15) is 10.4 Å². The number of likely N-dealkylation sites (N-methyl/N-ethyl adjacent to an activating group) is 1. The molecule has 0 atom stereocenters. The molecular formula is C22H23N5O2. The Morgan fingerprint density at radius 3 is 2.28 bits per heavy atom. The van der Waals surface area contributed by atoms with Crippen molar-refractivity contribution in [1.29, 1.82) is 0 Å². The average Bonchev–Trinajstić information content (AvgIpc) is 2.79. The summed E-state index contributed by atoms with van der Waals surface area (Å²) in [7, 11) is 2.07. The number of nitrogens with zero attached hydrogens (tertiary/aromatic N) is 4. The normalized spacial score (nSPS) is 14.6. The van der Waals surface area contributed by atoms with E-state index < -0.39 is 5.91 Å². The van der Waals surface area contributed by atoms with Crippen LogP contribution in [0.5, 0.6) is 0 Å². The number of benzene rings is 1. The van der Waals surface area contributed by atoms with E-state index in [0.29, 0.717) is 11.4 Å². The van der Waals surface area contributed by atoms with Crippen LogP contribution in [0.3, 0.4) is 0 Å². The largest absolute Gasteiger partial charge is 0.353 e. The summed E-state index contributed by atoms with van der Waals surface area (Å²) in [6, 6.07) is 13.7. The van der Waals surface area contributed by atoms with E-state index in [1.807, 2.05) is 42.6 Å². The summed E-state index contributed by atoms with van der Waals surface area (Å²) in [6.45, 7) is 3.38. The average molecular weight is 389 g/mol. The summed E-state index contributed by atoms with van der Waals surface area (Å²) >= 11 is 0. The van der Waals surface area contributed by atoms with Crippen LogP contribution in [-0.4, -0.2) is 59.2 Å². The molecule has 2 aromatic heterocycles. The number of hydrogen-bond acceptors (Lipinski definition) is 6. The number of carbonyl (C=O) groups excluding carboxylic acids is 1. The fourth-order valence-corrected chi connectivity index (χ4v) is 3.50. The number of rotatable bonds is 4. The molecule has 1 fully saturated rings. The van der Waals surface area contributed by atoms with Gasteiger partial charge in [-0.25, -0.2) is 10.5 Å². The third kappa shape index (κ3) is 4.11. The first-order valence-electron chi connectivity index (χ1n) is 9.54. The van der Waals surface area contributed by atoms with Crippen molar-refractivity contribution in [1.82, 2.24) is 20.3 Å². The standard InChI is InChI=1S/C22H23N5O2/c1-26-9-11-27(12-10-26)21-20(22(28)25-29)13-19(15-24-21)17-6-4-16(5-7-17)18-3-2-8-23-14-18/h2-8,13-15,29H,9-12H2,1H3,(H,25,28). The highest BCUT2D eigenvalue weighted by Crippen LogP contribution is 2.28. The van der Waals surface area contributed by atoms with Gasteiger partial charge in [0.15, 0.2) is 0 Å². The maximum absolute atomic E-state index is 12.3. The molecule has 1 aliphatic heterocycles. The van der Waals surface area contributed by atoms with Crippen molar-refractivity contribution < 1.29 is 10.0 Å². The second kappa shape index (κ2) is 8.38. The maximum Gasteiger partial charge on any atom is 0.278 e. The van der Waals surface area contributed by atoms with Crippen molar-refractivity contribution in [2.75, 3.05) is 38.1 Å². The number of amides is 1. The van der Waals surface area contributed by atoms with Crippen LogP contribution in [0.2, 0.25) is 0 Å². The van der Waals surface area contributed by atoms with Gasteiger partial charge in [0.2, 0.25) is 0 Å². The number of aromatic nitrogens is 2. The van der Waals surface area contributed by atoms with Crippen molar-refractivity contribution in [3.8, 4) is 22.3 Å². The smallest absolute Gasteiger partial charge is 0.278 e. The van der Waals surface area contributed by atoms with E-state index in [1.165, 1.54) is 0 Å². The van der Waals surface area contributed by atoms with Crippen LogP contribution in [0.4, 0.5) is 5.82 Å². The summed E-state index contributed by atoms with van der Waals surface area (Å²) < 4.78 is 0. The monoisotopic (exact) mass is 389 g/mol. The SMILES string of the molecule is CN1CCN(c2ncc(-c3ccc(-c4cccnc4)cc3)cc2C(=O)NO)CC1. The summed E-state index contributed by atoms with van der Waals surface area (Å²) in [4.78, 5) is 25.4. The predicted octanol–water partition coefficient (Wildman–Crippen LogP) is 2.68. The predicted molar refractivity (Wildman–Crippen MR) is 112 cm³/mol. The molecule has 29 heavy (non-hydrogen) atoms. The van der Waals surface area contributed by atoms with Gasteiger partial charge in [0.05, 0.1) is 5.56 Å². The molecule has 1 aromatic carbocycles. The van der Waals surface area contributed by atoms with E-state index in [9.17, 15) is 10.0 Å². The fraction of sp³-hybridized carbons (Fsp3) is 0.227. The Kier molecular flexibility index (Phi) is 5.50. The summed E-state index contributed by atoms with van der Waals surface area (Å²) in [5, 5.41) is 9.22. The van der Waals surface area contributed by atoms with E-state index >= 15 is 0 Å². The number of hydrogen-bond donors (Lipinski definition) is 2. The Hall–Kier alpha value is -3.29. The lowest BCUT2D eigenvalue weighted by atomic mass is 10.0. The van der Waals surface area contributed by atoms with Crippen LogP contribution in [0, 0.1) is 0 Å². The van der Waals surface area contributed by atoms with Gasteiger partial charge in [-0.05, 0) is 35.9 Å². The van der Waals surface area contributed by atoms with Gasteiger partial charge in [-0.2, -0.15) is 0 Å². The molecule has 7 heteroatoms. The van der Waals surface area contributed by atoms with Gasteiger partial charge >= 0.3 is 0 Å². The lowest BCUT2D eigenvalue weighted by Gasteiger charge is -2.34. The lowest BCUT2D eigenvalue weighted by molar-refractivity contribution is 0.0706. The molecule has 0 bridgehead atoms. The minimum Gasteiger partial charge on any atom is -0.353 e. The van der Waals surface area contributed by atoms with Crippen molar-refractivity contribution in [2.45, 2.75) is 0 Å². The van der Waals surface area contributed by atoms with E-state index in [0.717, 1.165) is 48.4 Å². The van der Waals surface area contributed by atoms with E-state index in [-0.39, 0.29) is 0 Å². The highest BCUT2D eigenvalue weighted by molar-refractivity contribution is 5.99. The van der Waals surface area contributed by atoms with Gasteiger partial charge in [0.1, 0.15) is 5.82 Å². The minimum atomic E-state index is -0.555. The Labute approximate surface area is 169 Å². The Balaban J connectivity index is 1.65. The van der Waals surface area contributed by atoms with E-state index in [1.54, 1.807) is 23.9 Å². The number of carbonyl (C=O) groups is 1. The first-order chi connectivity index (χ1) is 14.2. The molecule has 0 spiro atoms. The molecule has 0 radical (unpaired) electrons. The van der Waals surface area contributed by atoms with Crippen molar-refractivity contribution in [3.05, 3.63) is 66.6 Å². The minimum absolute atomic E-state index is 0.367. The maximum atomic E-state index is 12.3. The van der Waals surface area contributed by atoms with Gasteiger partial charge in [0, 0.05) is 50.3 Å². The molecular weight excluding hydrogens is 366 g/mol. The molecule has 148 valence electrons. The van der Waals surface area contributed by atoms with Gasteiger partial charge < -0.3 is 9.80 Å². The molecule has 1 amide bonds. The third-order valence-electron chi connectivity index (χ3n) is 5.23. The molecule has 7 nitrogen and oxygen atoms in total. The van der Waals surface area contributed by atoms with Crippen LogP contribution in [0.25, 0.3) is 22.3 Å². The molecule has 1 saturated heterocycles. The fourth-order valence-electron chi connectivity index (χ4n) is 3.50. The second-order valence-electron chi connectivity index (χ2n) is 7.15. The summed E-state index contributed by atoms with van der Waals surface area (Å²) in [5.74, 6) is 0.0423. The first-order valence-corrected chi connectivity index (χ1v) is 9.54. The first kappa shape index (κ1) is 19.0. The Bertz CT molecular complexity index is 984. The Morgan fingerprint density at radius 2 is 1.66 bits per heavy atom. The van der Waals surface area contributed by atoms with Gasteiger partial charge in [0.25, 0.3) is 5.91 Å². The van der Waals surface area contributed by atoms with Crippen molar-refractivity contribution in [3.63, 3.8) is 0 Å². The molecule has 3 aromatic rings. The molecule has 0 unspecified atom stereocenters. The van der Waals surface area contributed by atoms with Crippen LogP contribution < -0.4 is 10.4 Å². The van der Waals surface area contributed by atoms with Crippen molar-refractivity contribution >= 4 is 11.7 Å². The van der Waals surface area contributed by atoms with E-state index in [2.05, 4.69) is 26.8 Å². The number of anilines is 1. The number of pyridine rings is 2. The Morgan fingerprint density at radius 1 is 0.966 bits per heavy atom. The molecule has 4 rings (SSSR count). The molecule has 3 heterocycles. The summed E-state index contributed by atoms with van der Waals surface area (Å²) in [6.07, 6.45) is 5.35. The van der Waals surface area contributed by atoms with Crippen LogP contribution in [-0.2, 0) is 0 Å². The van der Waals surface area contributed by atoms with E-state index in [4.69, 9.17) is 0 Å². The van der Waals surface area contributed by atoms with Crippen LogP contribution >= 0.6 is 0 Å². The van der Waals surface area contributed by atoms with Crippen LogP contribution in [0.15, 0.2) is 61.1 Å². The number of piperazine rings is 1.